The fraction of sp³-hybridized carbons (Fsp3) is 0.533. The lowest BCUT2D eigenvalue weighted by Gasteiger charge is -2.12. The number of benzene rings is 1. The first-order valence-corrected chi connectivity index (χ1v) is 6.67. The molecule has 1 N–H and O–H groups in total. The molecule has 1 aromatic rings. The van der Waals surface area contributed by atoms with Crippen molar-refractivity contribution in [2.24, 2.45) is 0 Å². The molecule has 0 heterocycles. The topological polar surface area (TPSA) is 32.3 Å². The SMILES string of the molecule is CN(C)C(=O)CCNCc1ccccc1C1CC1. The van der Waals surface area contributed by atoms with Gasteiger partial charge in [-0.2, -0.15) is 0 Å². The third-order valence-electron chi connectivity index (χ3n) is 3.40. The predicted octanol–water partition coefficient (Wildman–Crippen LogP) is 2.13. The molecule has 98 valence electrons. The third-order valence-corrected chi connectivity index (χ3v) is 3.40. The van der Waals surface area contributed by atoms with Gasteiger partial charge in [-0.1, -0.05) is 24.3 Å². The van der Waals surface area contributed by atoms with Gasteiger partial charge in [0.25, 0.3) is 0 Å². The van der Waals surface area contributed by atoms with Crippen LogP contribution in [0.2, 0.25) is 0 Å². The van der Waals surface area contributed by atoms with Crippen molar-refractivity contribution in [1.82, 2.24) is 10.2 Å². The maximum Gasteiger partial charge on any atom is 0.223 e. The quantitative estimate of drug-likeness (QED) is 0.780. The van der Waals surface area contributed by atoms with E-state index in [0.29, 0.717) is 6.42 Å². The van der Waals surface area contributed by atoms with E-state index in [1.165, 1.54) is 24.0 Å². The smallest absolute Gasteiger partial charge is 0.223 e. The van der Waals surface area contributed by atoms with Crippen LogP contribution in [0.1, 0.15) is 36.3 Å². The summed E-state index contributed by atoms with van der Waals surface area (Å²) in [6.45, 7) is 1.61. The Morgan fingerprint density at radius 3 is 2.72 bits per heavy atom. The summed E-state index contributed by atoms with van der Waals surface area (Å²) in [4.78, 5) is 13.1. The monoisotopic (exact) mass is 246 g/mol. The minimum absolute atomic E-state index is 0.179. The molecule has 2 rings (SSSR count). The molecule has 0 saturated heterocycles. The van der Waals surface area contributed by atoms with Gasteiger partial charge in [0.1, 0.15) is 0 Å². The van der Waals surface area contributed by atoms with E-state index in [0.717, 1.165) is 19.0 Å². The van der Waals surface area contributed by atoms with Crippen LogP contribution in [0.4, 0.5) is 0 Å². The van der Waals surface area contributed by atoms with Gasteiger partial charge in [-0.3, -0.25) is 4.79 Å². The molecule has 3 nitrogen and oxygen atoms in total. The van der Waals surface area contributed by atoms with Crippen molar-refractivity contribution in [3.63, 3.8) is 0 Å². The van der Waals surface area contributed by atoms with E-state index in [2.05, 4.69) is 29.6 Å². The highest BCUT2D eigenvalue weighted by atomic mass is 16.2. The summed E-state index contributed by atoms with van der Waals surface area (Å²) in [6, 6.07) is 8.63. The first kappa shape index (κ1) is 13.1. The molecule has 0 radical (unpaired) electrons. The fourth-order valence-corrected chi connectivity index (χ4v) is 2.13. The zero-order valence-corrected chi connectivity index (χ0v) is 11.3. The molecule has 3 heteroatoms. The summed E-state index contributed by atoms with van der Waals surface area (Å²) in [7, 11) is 3.59. The van der Waals surface area contributed by atoms with Crippen molar-refractivity contribution < 1.29 is 4.79 Å². The largest absolute Gasteiger partial charge is 0.349 e. The van der Waals surface area contributed by atoms with Crippen LogP contribution < -0.4 is 5.32 Å². The summed E-state index contributed by atoms with van der Waals surface area (Å²) in [6.07, 6.45) is 3.23. The third kappa shape index (κ3) is 3.57. The Morgan fingerprint density at radius 2 is 2.06 bits per heavy atom. The van der Waals surface area contributed by atoms with Crippen LogP contribution in [-0.2, 0) is 11.3 Å². The molecule has 1 saturated carbocycles. The predicted molar refractivity (Wildman–Crippen MR) is 73.4 cm³/mol. The highest BCUT2D eigenvalue weighted by molar-refractivity contribution is 5.75. The average Bonchev–Trinajstić information content (AvgIpc) is 3.19. The van der Waals surface area contributed by atoms with Gasteiger partial charge in [0, 0.05) is 33.6 Å². The van der Waals surface area contributed by atoms with Crippen molar-refractivity contribution in [2.75, 3.05) is 20.6 Å². The number of carbonyl (C=O) groups is 1. The van der Waals surface area contributed by atoms with E-state index in [-0.39, 0.29) is 5.91 Å². The van der Waals surface area contributed by atoms with Gasteiger partial charge < -0.3 is 10.2 Å². The maximum absolute atomic E-state index is 11.4. The average molecular weight is 246 g/mol. The van der Waals surface area contributed by atoms with Crippen LogP contribution in [0.3, 0.4) is 0 Å². The van der Waals surface area contributed by atoms with Crippen molar-refractivity contribution in [3.8, 4) is 0 Å². The lowest BCUT2D eigenvalue weighted by molar-refractivity contribution is -0.128. The van der Waals surface area contributed by atoms with Crippen LogP contribution in [0.5, 0.6) is 0 Å². The summed E-state index contributed by atoms with van der Waals surface area (Å²) < 4.78 is 0. The Bertz CT molecular complexity index is 411. The number of rotatable bonds is 6. The highest BCUT2D eigenvalue weighted by Crippen LogP contribution is 2.41. The van der Waals surface area contributed by atoms with Gasteiger partial charge in [0.2, 0.25) is 5.91 Å². The molecule has 1 aromatic carbocycles. The zero-order valence-electron chi connectivity index (χ0n) is 11.3. The van der Waals surface area contributed by atoms with Gasteiger partial charge in [-0.25, -0.2) is 0 Å². The van der Waals surface area contributed by atoms with E-state index < -0.39 is 0 Å². The zero-order chi connectivity index (χ0) is 13.0. The Hall–Kier alpha value is -1.35. The number of hydrogen-bond acceptors (Lipinski definition) is 2. The van der Waals surface area contributed by atoms with Gasteiger partial charge >= 0.3 is 0 Å². The van der Waals surface area contributed by atoms with Crippen LogP contribution in [0.25, 0.3) is 0 Å². The minimum Gasteiger partial charge on any atom is -0.349 e. The minimum atomic E-state index is 0.179. The lowest BCUT2D eigenvalue weighted by Crippen LogP contribution is -2.26. The van der Waals surface area contributed by atoms with E-state index in [1.54, 1.807) is 19.0 Å². The molecule has 0 aromatic heterocycles. The van der Waals surface area contributed by atoms with Crippen LogP contribution >= 0.6 is 0 Å². The molecular weight excluding hydrogens is 224 g/mol. The Morgan fingerprint density at radius 1 is 1.33 bits per heavy atom. The van der Waals surface area contributed by atoms with Crippen molar-refractivity contribution in [3.05, 3.63) is 35.4 Å². The van der Waals surface area contributed by atoms with Crippen molar-refractivity contribution in [1.29, 1.82) is 0 Å². The Balaban J connectivity index is 1.78. The van der Waals surface area contributed by atoms with Crippen molar-refractivity contribution in [2.45, 2.75) is 31.7 Å². The molecule has 0 spiro atoms. The van der Waals surface area contributed by atoms with E-state index in [9.17, 15) is 4.79 Å². The summed E-state index contributed by atoms with van der Waals surface area (Å²) in [5, 5.41) is 3.36. The van der Waals surface area contributed by atoms with Crippen LogP contribution in [-0.4, -0.2) is 31.4 Å². The summed E-state index contributed by atoms with van der Waals surface area (Å²) >= 11 is 0. The van der Waals surface area contributed by atoms with Crippen molar-refractivity contribution >= 4 is 5.91 Å². The normalized spacial score (nSPS) is 14.6. The molecule has 0 bridgehead atoms. The molecule has 0 unspecified atom stereocenters. The number of hydrogen-bond donors (Lipinski definition) is 1. The molecular formula is C15H22N2O. The Kier molecular flexibility index (Phi) is 4.37. The standard InChI is InChI=1S/C15H22N2O/c1-17(2)15(18)9-10-16-11-13-5-3-4-6-14(13)12-7-8-12/h3-6,12,16H,7-11H2,1-2H3. The van der Waals surface area contributed by atoms with Crippen LogP contribution in [0.15, 0.2) is 24.3 Å². The second kappa shape index (κ2) is 6.01. The van der Waals surface area contributed by atoms with Crippen LogP contribution in [0, 0.1) is 0 Å². The number of amides is 1. The molecule has 0 atom stereocenters. The second-order valence-electron chi connectivity index (χ2n) is 5.19. The molecule has 1 amide bonds. The molecule has 18 heavy (non-hydrogen) atoms. The van der Waals surface area contributed by atoms with E-state index in [4.69, 9.17) is 0 Å². The molecule has 1 aliphatic carbocycles. The maximum atomic E-state index is 11.4. The fourth-order valence-electron chi connectivity index (χ4n) is 2.13. The number of carbonyl (C=O) groups excluding carboxylic acids is 1. The van der Waals surface area contributed by atoms with Gasteiger partial charge in [0.15, 0.2) is 0 Å². The first-order valence-electron chi connectivity index (χ1n) is 6.67. The van der Waals surface area contributed by atoms with E-state index in [1.807, 2.05) is 0 Å². The number of nitrogens with zero attached hydrogens (tertiary/aromatic N) is 1. The van der Waals surface area contributed by atoms with E-state index >= 15 is 0 Å². The van der Waals surface area contributed by atoms with Gasteiger partial charge in [0.05, 0.1) is 0 Å². The number of nitrogens with one attached hydrogen (secondary N) is 1. The summed E-state index contributed by atoms with van der Waals surface area (Å²) in [5.74, 6) is 0.962. The lowest BCUT2D eigenvalue weighted by atomic mass is 10.0. The first-order chi connectivity index (χ1) is 8.68. The molecule has 1 aliphatic rings. The highest BCUT2D eigenvalue weighted by Gasteiger charge is 2.25. The molecule has 0 aliphatic heterocycles. The Labute approximate surface area is 109 Å². The molecule has 1 fully saturated rings. The summed E-state index contributed by atoms with van der Waals surface area (Å²) in [5.41, 5.74) is 2.88. The van der Waals surface area contributed by atoms with Gasteiger partial charge in [-0.15, -0.1) is 0 Å². The second-order valence-corrected chi connectivity index (χ2v) is 5.19. The van der Waals surface area contributed by atoms with Gasteiger partial charge in [-0.05, 0) is 29.9 Å².